The minimum absolute atomic E-state index is 0.150. The summed E-state index contributed by atoms with van der Waals surface area (Å²) in [4.78, 5) is 73.4. The van der Waals surface area contributed by atoms with Gasteiger partial charge in [-0.2, -0.15) is 0 Å². The van der Waals surface area contributed by atoms with Crippen molar-refractivity contribution in [2.24, 2.45) is 5.73 Å². The van der Waals surface area contributed by atoms with Crippen molar-refractivity contribution in [2.45, 2.75) is 48.8 Å². The molecule has 1 aliphatic heterocycles. The molecule has 0 radical (unpaired) electrons. The van der Waals surface area contributed by atoms with E-state index in [2.05, 4.69) is 26.6 Å². The Bertz CT molecular complexity index is 798. The Morgan fingerprint density at radius 3 is 2.06 bits per heavy atom. The van der Waals surface area contributed by atoms with Crippen molar-refractivity contribution in [3.8, 4) is 0 Å². The lowest BCUT2D eigenvalue weighted by atomic mass is 10.1. The molecular formula is C18H30N6O9S. The summed E-state index contributed by atoms with van der Waals surface area (Å²) in [5.41, 5.74) is 5.15. The maximum atomic E-state index is 12.7. The first-order valence-corrected chi connectivity index (χ1v) is 11.2. The van der Waals surface area contributed by atoms with E-state index in [1.54, 1.807) is 0 Å². The Morgan fingerprint density at radius 1 is 0.971 bits per heavy atom. The molecule has 0 aromatic carbocycles. The molecule has 0 saturated carbocycles. The Labute approximate surface area is 199 Å². The lowest BCUT2D eigenvalue weighted by Crippen LogP contribution is -2.60. The fourth-order valence-corrected chi connectivity index (χ4v) is 4.15. The number of carboxylic acids is 1. The highest BCUT2D eigenvalue weighted by Crippen LogP contribution is 2.18. The van der Waals surface area contributed by atoms with E-state index in [9.17, 15) is 44.1 Å². The predicted octanol–water partition coefficient (Wildman–Crippen LogP) is -5.41. The Kier molecular flexibility index (Phi) is 11.7. The zero-order chi connectivity index (χ0) is 26.0. The molecule has 5 amide bonds. The number of aliphatic hydroxyl groups excluding tert-OH is 2. The third-order valence-corrected chi connectivity index (χ3v) is 6.26. The van der Waals surface area contributed by atoms with Crippen molar-refractivity contribution in [2.75, 3.05) is 26.0 Å². The number of nitrogens with one attached hydrogen (secondary N) is 5. The van der Waals surface area contributed by atoms with Crippen molar-refractivity contribution >= 4 is 47.3 Å². The summed E-state index contributed by atoms with van der Waals surface area (Å²) >= 11 is 0.723. The third kappa shape index (κ3) is 8.44. The summed E-state index contributed by atoms with van der Waals surface area (Å²) in [5.74, 6) is -6.02. The van der Waals surface area contributed by atoms with Crippen LogP contribution in [0.5, 0.6) is 0 Å². The minimum atomic E-state index is -1.52. The summed E-state index contributed by atoms with van der Waals surface area (Å²) in [5, 5.41) is 39.2. The average Bonchev–Trinajstić information content (AvgIpc) is 2.76. The second-order valence-electron chi connectivity index (χ2n) is 7.44. The van der Waals surface area contributed by atoms with Crippen LogP contribution in [0.4, 0.5) is 0 Å². The van der Waals surface area contributed by atoms with Gasteiger partial charge in [-0.25, -0.2) is 0 Å². The first-order valence-electron chi connectivity index (χ1n) is 10.2. The lowest BCUT2D eigenvalue weighted by molar-refractivity contribution is -0.138. The van der Waals surface area contributed by atoms with Crippen LogP contribution in [0.25, 0.3) is 0 Å². The molecular weight excluding hydrogens is 476 g/mol. The number of hydrogen-bond donors (Lipinski definition) is 9. The Hall–Kier alpha value is -2.95. The number of primary amides is 1. The second kappa shape index (κ2) is 13.7. The molecule has 0 bridgehead atoms. The van der Waals surface area contributed by atoms with Gasteiger partial charge in [-0.1, -0.05) is 0 Å². The van der Waals surface area contributed by atoms with E-state index < -0.39 is 90.6 Å². The van der Waals surface area contributed by atoms with Crippen LogP contribution in [-0.2, 0) is 28.8 Å². The van der Waals surface area contributed by atoms with E-state index in [1.165, 1.54) is 14.0 Å². The molecule has 6 atom stereocenters. The lowest BCUT2D eigenvalue weighted by Gasteiger charge is -2.28. The number of amides is 5. The van der Waals surface area contributed by atoms with Gasteiger partial charge in [0.15, 0.2) is 0 Å². The number of rotatable bonds is 6. The fraction of sp³-hybridized carbons (Fsp3) is 0.667. The molecule has 192 valence electrons. The van der Waals surface area contributed by atoms with Gasteiger partial charge in [0.25, 0.3) is 0 Å². The van der Waals surface area contributed by atoms with Gasteiger partial charge in [0.05, 0.1) is 31.7 Å². The molecule has 15 nitrogen and oxygen atoms in total. The summed E-state index contributed by atoms with van der Waals surface area (Å²) in [7, 11) is 1.42. The molecule has 0 aliphatic carbocycles. The number of aliphatic hydroxyl groups is 2. The molecule has 0 aromatic rings. The van der Waals surface area contributed by atoms with Crippen LogP contribution in [0.15, 0.2) is 0 Å². The van der Waals surface area contributed by atoms with Gasteiger partial charge in [0.1, 0.15) is 23.4 Å². The van der Waals surface area contributed by atoms with Gasteiger partial charge in [-0.05, 0) is 14.0 Å². The highest BCUT2D eigenvalue weighted by Gasteiger charge is 2.35. The van der Waals surface area contributed by atoms with Crippen LogP contribution in [0.3, 0.4) is 0 Å². The van der Waals surface area contributed by atoms with Crippen LogP contribution in [-0.4, -0.2) is 112 Å². The summed E-state index contributed by atoms with van der Waals surface area (Å²) in [6, 6.07) is -6.57. The molecule has 1 heterocycles. The molecule has 0 aromatic heterocycles. The van der Waals surface area contributed by atoms with Crippen molar-refractivity contribution in [1.82, 2.24) is 26.6 Å². The Balaban J connectivity index is 3.35. The van der Waals surface area contributed by atoms with Gasteiger partial charge in [0, 0.05) is 5.75 Å². The fourth-order valence-electron chi connectivity index (χ4n) is 2.90. The average molecular weight is 507 g/mol. The topological polar surface area (TPSA) is 249 Å². The largest absolute Gasteiger partial charge is 0.480 e. The number of hydrogen-bond acceptors (Lipinski definition) is 10. The highest BCUT2D eigenvalue weighted by atomic mass is 32.2. The van der Waals surface area contributed by atoms with E-state index in [1.807, 2.05) is 0 Å². The maximum Gasteiger partial charge on any atom is 0.318 e. The smallest absolute Gasteiger partial charge is 0.318 e. The molecule has 1 aliphatic rings. The number of nitrogens with two attached hydrogens (primary N) is 1. The zero-order valence-corrected chi connectivity index (χ0v) is 19.4. The third-order valence-electron chi connectivity index (χ3n) is 4.85. The van der Waals surface area contributed by atoms with Gasteiger partial charge in [-0.15, -0.1) is 11.8 Å². The highest BCUT2D eigenvalue weighted by molar-refractivity contribution is 8.00. The number of likely N-dealkylation sites (N-methyl/N-ethyl adjacent to an activating group) is 1. The van der Waals surface area contributed by atoms with E-state index in [0.717, 1.165) is 11.8 Å². The molecule has 10 N–H and O–H groups in total. The van der Waals surface area contributed by atoms with E-state index in [4.69, 9.17) is 5.73 Å². The van der Waals surface area contributed by atoms with E-state index in [-0.39, 0.29) is 5.75 Å². The Morgan fingerprint density at radius 2 is 1.56 bits per heavy atom. The van der Waals surface area contributed by atoms with Crippen LogP contribution in [0, 0.1) is 0 Å². The van der Waals surface area contributed by atoms with Crippen molar-refractivity contribution in [3.05, 3.63) is 0 Å². The van der Waals surface area contributed by atoms with Crippen LogP contribution >= 0.6 is 11.8 Å². The second-order valence-corrected chi connectivity index (χ2v) is 8.61. The molecule has 1 rings (SSSR count). The van der Waals surface area contributed by atoms with Crippen molar-refractivity contribution in [3.63, 3.8) is 0 Å². The van der Waals surface area contributed by atoms with Gasteiger partial charge < -0.3 is 47.6 Å². The van der Waals surface area contributed by atoms with Crippen LogP contribution in [0.2, 0.25) is 0 Å². The van der Waals surface area contributed by atoms with Crippen molar-refractivity contribution < 1.29 is 44.1 Å². The quantitative estimate of drug-likeness (QED) is 0.164. The minimum Gasteiger partial charge on any atom is -0.480 e. The molecule has 1 saturated heterocycles. The summed E-state index contributed by atoms with van der Waals surface area (Å²) < 4.78 is 0. The normalized spacial score (nSPS) is 29.9. The number of aliphatic carboxylic acids is 1. The SMILES string of the molecule is CN[C@H]1CSC(C(=O)O)C(CO)NC(=O)[C@H](CC(N)=O)NC(=O)C(C)NC(=O)C(CO)NC1=O. The zero-order valence-electron chi connectivity index (χ0n) is 18.6. The van der Waals surface area contributed by atoms with Crippen LogP contribution in [0.1, 0.15) is 13.3 Å². The molecule has 34 heavy (non-hydrogen) atoms. The number of carbonyl (C=O) groups is 6. The molecule has 1 fully saturated rings. The summed E-state index contributed by atoms with van der Waals surface area (Å²) in [6.45, 7) is -0.342. The summed E-state index contributed by atoms with van der Waals surface area (Å²) in [6.07, 6.45) is -0.640. The standard InChI is InChI=1S/C18H30N6O9S/c1-7-14(28)22-8(3-12(19)27)15(29)23-9(4-25)13(18(32)33)34-6-11(20-2)17(31)24-10(5-26)16(30)21-7/h7-11,13,20,25-26H,3-6H2,1-2H3,(H2,19,27)(H,21,30)(H,22,28)(H,23,29)(H,24,31)(H,32,33)/t7?,8-,9?,10?,11-,13?/m0/s1. The van der Waals surface area contributed by atoms with Gasteiger partial charge in [-0.3, -0.25) is 28.8 Å². The number of thioether (sulfide) groups is 1. The first kappa shape index (κ1) is 29.1. The first-order chi connectivity index (χ1) is 15.9. The van der Waals surface area contributed by atoms with Gasteiger partial charge >= 0.3 is 5.97 Å². The maximum absolute atomic E-state index is 12.7. The number of carboxylic acid groups (broad SMARTS) is 1. The molecule has 4 unspecified atom stereocenters. The monoisotopic (exact) mass is 506 g/mol. The number of carbonyl (C=O) groups excluding carboxylic acids is 5. The van der Waals surface area contributed by atoms with Crippen molar-refractivity contribution in [1.29, 1.82) is 0 Å². The van der Waals surface area contributed by atoms with Gasteiger partial charge in [0.2, 0.25) is 29.5 Å². The predicted molar refractivity (Wildman–Crippen MR) is 118 cm³/mol. The molecule has 16 heteroatoms. The molecule has 0 spiro atoms. The van der Waals surface area contributed by atoms with Crippen LogP contribution < -0.4 is 32.3 Å². The van der Waals surface area contributed by atoms with E-state index in [0.29, 0.717) is 0 Å². The van der Waals surface area contributed by atoms with E-state index >= 15 is 0 Å².